The maximum absolute atomic E-state index is 12.9. The summed E-state index contributed by atoms with van der Waals surface area (Å²) in [5.41, 5.74) is -0.0753. The third-order valence-corrected chi connectivity index (χ3v) is 5.94. The van der Waals surface area contributed by atoms with Crippen molar-refractivity contribution in [1.82, 2.24) is 0 Å². The van der Waals surface area contributed by atoms with Crippen molar-refractivity contribution < 1.29 is 48.3 Å². The van der Waals surface area contributed by atoms with Gasteiger partial charge in [-0.25, -0.2) is 14.4 Å². The van der Waals surface area contributed by atoms with Gasteiger partial charge in [0.15, 0.2) is 12.2 Å². The highest BCUT2D eigenvalue weighted by Gasteiger charge is 2.54. The molecule has 1 fully saturated rings. The van der Waals surface area contributed by atoms with E-state index in [1.54, 1.807) is 13.8 Å². The highest BCUT2D eigenvalue weighted by atomic mass is 16.6. The molecule has 10 nitrogen and oxygen atoms in total. The molecule has 1 heterocycles. The van der Waals surface area contributed by atoms with Gasteiger partial charge in [0.2, 0.25) is 0 Å². The highest BCUT2D eigenvalue weighted by molar-refractivity contribution is 5.93. The van der Waals surface area contributed by atoms with Crippen molar-refractivity contribution in [2.75, 3.05) is 13.7 Å². The van der Waals surface area contributed by atoms with Crippen molar-refractivity contribution in [3.05, 3.63) is 47.6 Å². The fourth-order valence-electron chi connectivity index (χ4n) is 3.84. The van der Waals surface area contributed by atoms with E-state index in [2.05, 4.69) is 13.2 Å². The predicted octanol–water partition coefficient (Wildman–Crippen LogP) is 1.31. The molecular weight excluding hydrogens is 460 g/mol. The van der Waals surface area contributed by atoms with E-state index in [1.165, 1.54) is 19.1 Å². The molecule has 5 atom stereocenters. The van der Waals surface area contributed by atoms with Gasteiger partial charge in [-0.05, 0) is 25.3 Å². The number of fused-ring (bicyclic) bond motifs is 1. The summed E-state index contributed by atoms with van der Waals surface area (Å²) in [6, 6.07) is 0. The highest BCUT2D eigenvalue weighted by Crippen LogP contribution is 2.40. The number of esters is 4. The van der Waals surface area contributed by atoms with Gasteiger partial charge in [-0.1, -0.05) is 39.2 Å². The summed E-state index contributed by atoms with van der Waals surface area (Å²) in [5, 5.41) is 20.4. The van der Waals surface area contributed by atoms with E-state index in [0.717, 1.165) is 7.11 Å². The third-order valence-electron chi connectivity index (χ3n) is 5.94. The van der Waals surface area contributed by atoms with Gasteiger partial charge in [0.1, 0.15) is 12.2 Å². The number of hydrogen-bond donors (Lipinski definition) is 2. The lowest BCUT2D eigenvalue weighted by atomic mass is 9.80. The number of aliphatic hydroxyl groups is 2. The van der Waals surface area contributed by atoms with Crippen molar-refractivity contribution in [2.24, 2.45) is 11.8 Å². The SMILES string of the molecule is C=C1C(=O)O[C@H]2[C@H]1[C@H](OC(=O)/C(=C/C)CO)[C@@H](OC(=O)C(C)C)/C(C(=O)OC)=C\CCC(=C)[C@@H]2O. The first-order valence-electron chi connectivity index (χ1n) is 11.2. The molecule has 0 aromatic rings. The molecule has 0 aromatic carbocycles. The summed E-state index contributed by atoms with van der Waals surface area (Å²) in [6.45, 7) is 11.6. The Balaban J connectivity index is 2.78. The Morgan fingerprint density at radius 1 is 1.26 bits per heavy atom. The molecule has 10 heteroatoms. The Hall–Kier alpha value is -3.24. The van der Waals surface area contributed by atoms with E-state index < -0.39 is 66.7 Å². The number of hydrogen-bond acceptors (Lipinski definition) is 10. The van der Waals surface area contributed by atoms with E-state index in [-0.39, 0.29) is 29.6 Å². The van der Waals surface area contributed by atoms with Crippen LogP contribution in [0.4, 0.5) is 0 Å². The minimum atomic E-state index is -1.54. The van der Waals surface area contributed by atoms with Gasteiger partial charge in [-0.3, -0.25) is 4.79 Å². The molecule has 0 bridgehead atoms. The van der Waals surface area contributed by atoms with Crippen molar-refractivity contribution >= 4 is 23.9 Å². The molecule has 35 heavy (non-hydrogen) atoms. The first-order chi connectivity index (χ1) is 16.5. The number of rotatable bonds is 6. The molecule has 0 saturated carbocycles. The smallest absolute Gasteiger partial charge is 0.337 e. The summed E-state index contributed by atoms with van der Waals surface area (Å²) in [4.78, 5) is 50.9. The summed E-state index contributed by atoms with van der Waals surface area (Å²) in [6.07, 6.45) is -2.51. The number of ether oxygens (including phenoxy) is 4. The standard InChI is InChI=1S/C25H32O10/c1-7-15(11-26)24(30)35-21-17-14(5)23(29)34-20(17)18(27)13(4)9-8-10-16(25(31)32-6)19(21)33-22(28)12(2)3/h7,10,12,17-21,26-27H,4-5,8-9,11H2,1-3,6H3/b15-7+,16-10+/t17-,18-,19-,20-,21-/m0/s1. The summed E-state index contributed by atoms with van der Waals surface area (Å²) >= 11 is 0. The van der Waals surface area contributed by atoms with Crippen LogP contribution in [0.2, 0.25) is 0 Å². The van der Waals surface area contributed by atoms with E-state index >= 15 is 0 Å². The number of carbonyl (C=O) groups is 4. The second kappa shape index (κ2) is 11.9. The lowest BCUT2D eigenvalue weighted by molar-refractivity contribution is -0.173. The zero-order chi connectivity index (χ0) is 26.4. The van der Waals surface area contributed by atoms with Crippen molar-refractivity contribution in [3.8, 4) is 0 Å². The van der Waals surface area contributed by atoms with Crippen LogP contribution >= 0.6 is 0 Å². The van der Waals surface area contributed by atoms with Crippen LogP contribution in [0.1, 0.15) is 33.6 Å². The molecule has 1 aliphatic heterocycles. The molecule has 1 aliphatic carbocycles. The second-order valence-electron chi connectivity index (χ2n) is 8.57. The zero-order valence-corrected chi connectivity index (χ0v) is 20.3. The second-order valence-corrected chi connectivity index (χ2v) is 8.57. The molecule has 2 aliphatic rings. The molecule has 192 valence electrons. The predicted molar refractivity (Wildman–Crippen MR) is 122 cm³/mol. The Morgan fingerprint density at radius 2 is 1.91 bits per heavy atom. The van der Waals surface area contributed by atoms with Gasteiger partial charge >= 0.3 is 23.9 Å². The average Bonchev–Trinajstić information content (AvgIpc) is 3.12. The summed E-state index contributed by atoms with van der Waals surface area (Å²) in [5.74, 6) is -5.22. The molecule has 2 rings (SSSR count). The van der Waals surface area contributed by atoms with Gasteiger partial charge in [0.05, 0.1) is 36.7 Å². The maximum atomic E-state index is 12.9. The van der Waals surface area contributed by atoms with Crippen LogP contribution < -0.4 is 0 Å². The minimum Gasteiger partial charge on any atom is -0.466 e. The Morgan fingerprint density at radius 3 is 2.46 bits per heavy atom. The largest absolute Gasteiger partial charge is 0.466 e. The van der Waals surface area contributed by atoms with Crippen molar-refractivity contribution in [2.45, 2.75) is 58.0 Å². The molecule has 1 saturated heterocycles. The van der Waals surface area contributed by atoms with Crippen molar-refractivity contribution in [1.29, 1.82) is 0 Å². The topological polar surface area (TPSA) is 146 Å². The number of aliphatic hydroxyl groups excluding tert-OH is 2. The Kier molecular flexibility index (Phi) is 9.55. The first-order valence-corrected chi connectivity index (χ1v) is 11.2. The van der Waals surface area contributed by atoms with Crippen LogP contribution in [0.25, 0.3) is 0 Å². The van der Waals surface area contributed by atoms with Crippen molar-refractivity contribution in [3.63, 3.8) is 0 Å². The molecule has 2 N–H and O–H groups in total. The van der Waals surface area contributed by atoms with E-state index in [9.17, 15) is 29.4 Å². The van der Waals surface area contributed by atoms with E-state index in [4.69, 9.17) is 18.9 Å². The fourth-order valence-corrected chi connectivity index (χ4v) is 3.84. The lowest BCUT2D eigenvalue weighted by Gasteiger charge is -2.36. The molecule has 0 aromatic heterocycles. The summed E-state index contributed by atoms with van der Waals surface area (Å²) in [7, 11) is 1.14. The van der Waals surface area contributed by atoms with Crippen LogP contribution in [0.3, 0.4) is 0 Å². The Labute approximate surface area is 203 Å². The summed E-state index contributed by atoms with van der Waals surface area (Å²) < 4.78 is 21.6. The van der Waals surface area contributed by atoms with Gasteiger partial charge in [0, 0.05) is 5.57 Å². The molecule has 0 amide bonds. The van der Waals surface area contributed by atoms with Gasteiger partial charge < -0.3 is 29.2 Å². The number of carbonyl (C=O) groups excluding carboxylic acids is 4. The van der Waals surface area contributed by atoms with E-state index in [0.29, 0.717) is 5.57 Å². The average molecular weight is 493 g/mol. The zero-order valence-electron chi connectivity index (χ0n) is 20.3. The fraction of sp³-hybridized carbons (Fsp3) is 0.520. The monoisotopic (exact) mass is 492 g/mol. The molecule has 0 unspecified atom stereocenters. The lowest BCUT2D eigenvalue weighted by Crippen LogP contribution is -2.49. The first kappa shape index (κ1) is 28.0. The van der Waals surface area contributed by atoms with Crippen LogP contribution in [-0.4, -0.2) is 72.2 Å². The minimum absolute atomic E-state index is 0.114. The molecule has 0 radical (unpaired) electrons. The number of methoxy groups -OCH3 is 1. The third kappa shape index (κ3) is 6.07. The van der Waals surface area contributed by atoms with Crippen LogP contribution in [0.5, 0.6) is 0 Å². The number of allylic oxidation sites excluding steroid dienone is 2. The van der Waals surface area contributed by atoms with E-state index in [1.807, 2.05) is 0 Å². The van der Waals surface area contributed by atoms with Gasteiger partial charge in [-0.2, -0.15) is 0 Å². The van der Waals surface area contributed by atoms with Gasteiger partial charge in [-0.15, -0.1) is 0 Å². The quantitative estimate of drug-likeness (QED) is 0.241. The normalized spacial score (nSPS) is 29.0. The molecular formula is C25H32O10. The Bertz CT molecular complexity index is 957. The van der Waals surface area contributed by atoms with Crippen LogP contribution in [0.15, 0.2) is 47.6 Å². The van der Waals surface area contributed by atoms with Crippen LogP contribution in [-0.2, 0) is 38.1 Å². The maximum Gasteiger partial charge on any atom is 0.337 e. The van der Waals surface area contributed by atoms with Crippen LogP contribution in [0, 0.1) is 11.8 Å². The van der Waals surface area contributed by atoms with Gasteiger partial charge in [0.25, 0.3) is 0 Å². The molecule has 0 spiro atoms.